The van der Waals surface area contributed by atoms with Crippen molar-refractivity contribution in [3.8, 4) is 0 Å². The number of rotatable bonds is 5. The summed E-state index contributed by atoms with van der Waals surface area (Å²) >= 11 is 0. The van der Waals surface area contributed by atoms with Gasteiger partial charge < -0.3 is 10.4 Å². The van der Waals surface area contributed by atoms with Crippen LogP contribution in [0.5, 0.6) is 0 Å². The highest BCUT2D eigenvalue weighted by Gasteiger charge is 2.23. The van der Waals surface area contributed by atoms with Crippen molar-refractivity contribution in [1.29, 1.82) is 0 Å². The maximum Gasteiger partial charge on any atom is 0.335 e. The second-order valence-corrected chi connectivity index (χ2v) is 6.25. The zero-order valence-electron chi connectivity index (χ0n) is 12.4. The Morgan fingerprint density at radius 2 is 2.20 bits per heavy atom. The molecule has 1 aliphatic rings. The van der Waals surface area contributed by atoms with Crippen LogP contribution in [0.1, 0.15) is 55.5 Å². The summed E-state index contributed by atoms with van der Waals surface area (Å²) in [4.78, 5) is 11.0. The minimum atomic E-state index is -0.857. The van der Waals surface area contributed by atoms with Crippen molar-refractivity contribution in [2.24, 2.45) is 11.8 Å². The van der Waals surface area contributed by atoms with Gasteiger partial charge in [0, 0.05) is 12.6 Å². The first-order chi connectivity index (χ1) is 9.56. The number of carboxylic acid groups (broad SMARTS) is 1. The molecule has 3 heteroatoms. The molecule has 110 valence electrons. The number of hydrogen-bond acceptors (Lipinski definition) is 2. The number of benzene rings is 1. The van der Waals surface area contributed by atoms with Gasteiger partial charge in [-0.15, -0.1) is 0 Å². The lowest BCUT2D eigenvalue weighted by Crippen LogP contribution is -2.35. The van der Waals surface area contributed by atoms with Gasteiger partial charge in [-0.25, -0.2) is 4.79 Å². The molecule has 2 rings (SSSR count). The maximum absolute atomic E-state index is 11.0. The van der Waals surface area contributed by atoms with Crippen molar-refractivity contribution >= 4 is 5.97 Å². The molecule has 0 aliphatic heterocycles. The quantitative estimate of drug-likeness (QED) is 0.861. The lowest BCUT2D eigenvalue weighted by Gasteiger charge is -2.32. The van der Waals surface area contributed by atoms with Crippen molar-refractivity contribution in [2.75, 3.05) is 0 Å². The number of hydrogen-bond donors (Lipinski definition) is 2. The van der Waals surface area contributed by atoms with Crippen LogP contribution in [-0.4, -0.2) is 17.1 Å². The van der Waals surface area contributed by atoms with E-state index >= 15 is 0 Å². The highest BCUT2D eigenvalue weighted by molar-refractivity contribution is 5.87. The molecule has 3 nitrogen and oxygen atoms in total. The van der Waals surface area contributed by atoms with Gasteiger partial charge in [0.25, 0.3) is 0 Å². The SMILES string of the molecule is CC(C)C1CCCC(NCc2cccc(C(=O)O)c2)C1. The van der Waals surface area contributed by atoms with E-state index in [4.69, 9.17) is 5.11 Å². The van der Waals surface area contributed by atoms with Crippen molar-refractivity contribution in [3.63, 3.8) is 0 Å². The highest BCUT2D eigenvalue weighted by Crippen LogP contribution is 2.30. The summed E-state index contributed by atoms with van der Waals surface area (Å²) < 4.78 is 0. The van der Waals surface area contributed by atoms with E-state index in [1.807, 2.05) is 12.1 Å². The minimum absolute atomic E-state index is 0.369. The van der Waals surface area contributed by atoms with Crippen LogP contribution in [0.15, 0.2) is 24.3 Å². The average molecular weight is 275 g/mol. The van der Waals surface area contributed by atoms with Gasteiger partial charge in [-0.2, -0.15) is 0 Å². The average Bonchev–Trinajstić information content (AvgIpc) is 2.45. The molecule has 0 aromatic heterocycles. The highest BCUT2D eigenvalue weighted by atomic mass is 16.4. The molecule has 0 amide bonds. The Kier molecular flexibility index (Phi) is 5.18. The van der Waals surface area contributed by atoms with Gasteiger partial charge in [-0.05, 0) is 42.4 Å². The van der Waals surface area contributed by atoms with E-state index in [-0.39, 0.29) is 0 Å². The van der Waals surface area contributed by atoms with Crippen LogP contribution in [0, 0.1) is 11.8 Å². The Labute approximate surface area is 121 Å². The standard InChI is InChI=1S/C17H25NO2/c1-12(2)14-6-4-8-16(10-14)18-11-13-5-3-7-15(9-13)17(19)20/h3,5,7,9,12,14,16,18H,4,6,8,10-11H2,1-2H3,(H,19,20). The van der Waals surface area contributed by atoms with Gasteiger partial charge >= 0.3 is 5.97 Å². The molecule has 2 N–H and O–H groups in total. The van der Waals surface area contributed by atoms with Gasteiger partial charge in [0.1, 0.15) is 0 Å². The van der Waals surface area contributed by atoms with E-state index in [9.17, 15) is 4.79 Å². The molecule has 20 heavy (non-hydrogen) atoms. The van der Waals surface area contributed by atoms with Crippen LogP contribution in [0.4, 0.5) is 0 Å². The van der Waals surface area contributed by atoms with E-state index in [1.165, 1.54) is 25.7 Å². The summed E-state index contributed by atoms with van der Waals surface area (Å²) in [6, 6.07) is 7.78. The number of carboxylic acids is 1. The smallest absolute Gasteiger partial charge is 0.335 e. The van der Waals surface area contributed by atoms with Gasteiger partial charge in [0.05, 0.1) is 5.56 Å². The zero-order valence-corrected chi connectivity index (χ0v) is 12.4. The third-order valence-corrected chi connectivity index (χ3v) is 4.43. The van der Waals surface area contributed by atoms with Crippen molar-refractivity contribution < 1.29 is 9.90 Å². The monoisotopic (exact) mass is 275 g/mol. The second kappa shape index (κ2) is 6.89. The van der Waals surface area contributed by atoms with Crippen LogP contribution in [-0.2, 0) is 6.54 Å². The lowest BCUT2D eigenvalue weighted by atomic mass is 9.79. The molecule has 0 spiro atoms. The molecule has 0 radical (unpaired) electrons. The molecule has 0 heterocycles. The van der Waals surface area contributed by atoms with E-state index in [0.29, 0.717) is 11.6 Å². The molecule has 2 atom stereocenters. The Bertz CT molecular complexity index is 456. The Balaban J connectivity index is 1.88. The van der Waals surface area contributed by atoms with Crippen LogP contribution in [0.3, 0.4) is 0 Å². The fourth-order valence-corrected chi connectivity index (χ4v) is 3.09. The maximum atomic E-state index is 11.0. The number of aromatic carboxylic acids is 1. The Hall–Kier alpha value is -1.35. The molecular weight excluding hydrogens is 250 g/mol. The Morgan fingerprint density at radius 3 is 2.90 bits per heavy atom. The molecule has 1 aromatic rings. The molecule has 2 unspecified atom stereocenters. The van der Waals surface area contributed by atoms with Crippen molar-refractivity contribution in [2.45, 2.75) is 52.1 Å². The molecule has 0 bridgehead atoms. The van der Waals surface area contributed by atoms with Crippen LogP contribution in [0.2, 0.25) is 0 Å². The first kappa shape index (κ1) is 15.0. The summed E-state index contributed by atoms with van der Waals surface area (Å²) in [6.07, 6.45) is 5.14. The predicted octanol–water partition coefficient (Wildman–Crippen LogP) is 3.69. The molecule has 1 aliphatic carbocycles. The second-order valence-electron chi connectivity index (χ2n) is 6.25. The summed E-state index contributed by atoms with van der Waals surface area (Å²) in [5.41, 5.74) is 1.42. The van der Waals surface area contributed by atoms with Gasteiger partial charge in [-0.3, -0.25) is 0 Å². The summed E-state index contributed by atoms with van der Waals surface area (Å²) in [5, 5.41) is 12.6. The lowest BCUT2D eigenvalue weighted by molar-refractivity contribution is 0.0696. The topological polar surface area (TPSA) is 49.3 Å². The predicted molar refractivity (Wildman–Crippen MR) is 80.8 cm³/mol. The molecule has 1 aromatic carbocycles. The molecule has 1 fully saturated rings. The van der Waals surface area contributed by atoms with E-state index in [2.05, 4.69) is 19.2 Å². The van der Waals surface area contributed by atoms with Gasteiger partial charge in [-0.1, -0.05) is 38.8 Å². The largest absolute Gasteiger partial charge is 0.478 e. The number of nitrogens with one attached hydrogen (secondary N) is 1. The Morgan fingerprint density at radius 1 is 1.40 bits per heavy atom. The zero-order chi connectivity index (χ0) is 14.5. The van der Waals surface area contributed by atoms with Crippen molar-refractivity contribution in [1.82, 2.24) is 5.32 Å². The van der Waals surface area contributed by atoms with Crippen molar-refractivity contribution in [3.05, 3.63) is 35.4 Å². The third kappa shape index (κ3) is 4.07. The summed E-state index contributed by atoms with van der Waals surface area (Å²) in [6.45, 7) is 5.38. The van der Waals surface area contributed by atoms with E-state index in [1.54, 1.807) is 12.1 Å². The van der Waals surface area contributed by atoms with Gasteiger partial charge in [0.15, 0.2) is 0 Å². The van der Waals surface area contributed by atoms with Crippen LogP contribution < -0.4 is 5.32 Å². The molecule has 0 saturated heterocycles. The fourth-order valence-electron chi connectivity index (χ4n) is 3.09. The molecule has 1 saturated carbocycles. The third-order valence-electron chi connectivity index (χ3n) is 4.43. The summed E-state index contributed by atoms with van der Waals surface area (Å²) in [5.74, 6) is 0.728. The first-order valence-corrected chi connectivity index (χ1v) is 7.62. The van der Waals surface area contributed by atoms with E-state index in [0.717, 1.165) is 23.9 Å². The normalized spacial score (nSPS) is 22.9. The first-order valence-electron chi connectivity index (χ1n) is 7.62. The fraction of sp³-hybridized carbons (Fsp3) is 0.588. The van der Waals surface area contributed by atoms with Gasteiger partial charge in [0.2, 0.25) is 0 Å². The molecular formula is C17H25NO2. The van der Waals surface area contributed by atoms with E-state index < -0.39 is 5.97 Å². The summed E-state index contributed by atoms with van der Waals surface area (Å²) in [7, 11) is 0. The number of carbonyl (C=O) groups is 1. The van der Waals surface area contributed by atoms with Crippen LogP contribution >= 0.6 is 0 Å². The van der Waals surface area contributed by atoms with Crippen LogP contribution in [0.25, 0.3) is 0 Å². The minimum Gasteiger partial charge on any atom is -0.478 e.